The molecule has 0 spiro atoms. The van der Waals surface area contributed by atoms with Gasteiger partial charge < -0.3 is 10.4 Å². The van der Waals surface area contributed by atoms with Crippen LogP contribution < -0.4 is 5.32 Å². The molecule has 2 rings (SSSR count). The maximum Gasteiger partial charge on any atom is 0.0934 e. The van der Waals surface area contributed by atoms with Gasteiger partial charge in [-0.05, 0) is 30.9 Å². The number of aliphatic hydroxyl groups is 1. The van der Waals surface area contributed by atoms with E-state index in [-0.39, 0.29) is 12.6 Å². The molecule has 1 unspecified atom stereocenters. The van der Waals surface area contributed by atoms with Crippen LogP contribution in [-0.4, -0.2) is 17.8 Å². The summed E-state index contributed by atoms with van der Waals surface area (Å²) in [6.45, 7) is 2.30. The molecule has 0 radical (unpaired) electrons. The monoisotopic (exact) mass is 245 g/mol. The number of nitrogens with one attached hydrogen (secondary N) is 1. The van der Waals surface area contributed by atoms with Gasteiger partial charge in [-0.2, -0.15) is 0 Å². The topological polar surface area (TPSA) is 32.3 Å². The minimum atomic E-state index is 0.208. The molecule has 0 fully saturated rings. The molecule has 1 aliphatic carbocycles. The largest absolute Gasteiger partial charge is 0.395 e. The fraction of sp³-hybridized carbons (Fsp3) is 0.636. The highest BCUT2D eigenvalue weighted by molar-refractivity contribution is 7.16. The molecule has 0 saturated carbocycles. The predicted molar refractivity (Wildman–Crippen MR) is 64.7 cm³/mol. The Morgan fingerprint density at radius 2 is 2.53 bits per heavy atom. The molecule has 1 aromatic heterocycles. The van der Waals surface area contributed by atoms with Gasteiger partial charge in [0.25, 0.3) is 0 Å². The summed E-state index contributed by atoms with van der Waals surface area (Å²) in [4.78, 5) is 1.41. The maximum absolute atomic E-state index is 9.15. The Morgan fingerprint density at radius 1 is 1.73 bits per heavy atom. The highest BCUT2D eigenvalue weighted by atomic mass is 35.5. The Labute approximate surface area is 99.3 Å². The summed E-state index contributed by atoms with van der Waals surface area (Å²) in [6.07, 6.45) is 3.21. The quantitative estimate of drug-likeness (QED) is 0.855. The Bertz CT molecular complexity index is 335. The van der Waals surface area contributed by atoms with E-state index in [1.807, 2.05) is 0 Å². The molecule has 4 heteroatoms. The SMILES string of the molecule is CC[C@H](CO)NC1CCc2sc(Cl)cc21. The molecule has 1 aromatic rings. The van der Waals surface area contributed by atoms with Crippen LogP contribution in [0.5, 0.6) is 0 Å². The van der Waals surface area contributed by atoms with Crippen molar-refractivity contribution in [3.8, 4) is 0 Å². The maximum atomic E-state index is 9.15. The van der Waals surface area contributed by atoms with E-state index in [0.717, 1.165) is 23.6 Å². The van der Waals surface area contributed by atoms with E-state index in [1.54, 1.807) is 11.3 Å². The highest BCUT2D eigenvalue weighted by Gasteiger charge is 2.26. The Morgan fingerprint density at radius 3 is 3.20 bits per heavy atom. The fourth-order valence-corrected chi connectivity index (χ4v) is 3.44. The Kier molecular flexibility index (Phi) is 3.67. The van der Waals surface area contributed by atoms with E-state index >= 15 is 0 Å². The molecule has 0 aromatic carbocycles. The summed E-state index contributed by atoms with van der Waals surface area (Å²) in [7, 11) is 0. The lowest BCUT2D eigenvalue weighted by molar-refractivity contribution is 0.227. The lowest BCUT2D eigenvalue weighted by atomic mass is 10.1. The Hall–Kier alpha value is -0.0900. The van der Waals surface area contributed by atoms with Crippen LogP contribution in [-0.2, 0) is 6.42 Å². The zero-order valence-electron chi connectivity index (χ0n) is 8.79. The van der Waals surface area contributed by atoms with Gasteiger partial charge in [0.15, 0.2) is 0 Å². The van der Waals surface area contributed by atoms with Crippen LogP contribution in [0.1, 0.15) is 36.2 Å². The normalized spacial score (nSPS) is 21.7. The summed E-state index contributed by atoms with van der Waals surface area (Å²) in [5.74, 6) is 0. The molecule has 1 heterocycles. The van der Waals surface area contributed by atoms with E-state index in [0.29, 0.717) is 6.04 Å². The minimum absolute atomic E-state index is 0.208. The lowest BCUT2D eigenvalue weighted by Crippen LogP contribution is -2.34. The molecule has 0 saturated heterocycles. The number of hydrogen-bond donors (Lipinski definition) is 2. The molecule has 2 atom stereocenters. The van der Waals surface area contributed by atoms with Gasteiger partial charge in [-0.1, -0.05) is 18.5 Å². The average molecular weight is 246 g/mol. The van der Waals surface area contributed by atoms with Gasteiger partial charge in [-0.25, -0.2) is 0 Å². The first-order valence-electron chi connectivity index (χ1n) is 5.39. The van der Waals surface area contributed by atoms with Crippen LogP contribution in [0.2, 0.25) is 4.34 Å². The van der Waals surface area contributed by atoms with Crippen LogP contribution in [0.3, 0.4) is 0 Å². The summed E-state index contributed by atoms with van der Waals surface area (Å²) < 4.78 is 0.878. The molecule has 0 aliphatic heterocycles. The molecule has 0 amide bonds. The Balaban J connectivity index is 2.06. The number of halogens is 1. The van der Waals surface area contributed by atoms with Crippen LogP contribution in [0.4, 0.5) is 0 Å². The van der Waals surface area contributed by atoms with Crippen molar-refractivity contribution in [2.75, 3.05) is 6.61 Å². The van der Waals surface area contributed by atoms with Crippen molar-refractivity contribution >= 4 is 22.9 Å². The molecule has 1 aliphatic rings. The smallest absolute Gasteiger partial charge is 0.0934 e. The van der Waals surface area contributed by atoms with Gasteiger partial charge in [0.1, 0.15) is 0 Å². The first kappa shape index (κ1) is 11.4. The van der Waals surface area contributed by atoms with Crippen LogP contribution in [0.25, 0.3) is 0 Å². The number of aryl methyl sites for hydroxylation is 1. The van der Waals surface area contributed by atoms with Crippen molar-refractivity contribution < 1.29 is 5.11 Å². The van der Waals surface area contributed by atoms with Gasteiger partial charge in [-0.15, -0.1) is 11.3 Å². The fourth-order valence-electron chi connectivity index (χ4n) is 2.09. The number of thiophene rings is 1. The second kappa shape index (κ2) is 4.83. The van der Waals surface area contributed by atoms with Crippen molar-refractivity contribution in [3.05, 3.63) is 20.8 Å². The van der Waals surface area contributed by atoms with Crippen molar-refractivity contribution in [1.82, 2.24) is 5.32 Å². The molecule has 84 valence electrons. The highest BCUT2D eigenvalue weighted by Crippen LogP contribution is 2.39. The predicted octanol–water partition coefficient (Wildman–Crippen LogP) is 2.75. The zero-order chi connectivity index (χ0) is 10.8. The van der Waals surface area contributed by atoms with Crippen LogP contribution >= 0.6 is 22.9 Å². The van der Waals surface area contributed by atoms with Gasteiger partial charge >= 0.3 is 0 Å². The van der Waals surface area contributed by atoms with Crippen molar-refractivity contribution in [2.45, 2.75) is 38.3 Å². The lowest BCUT2D eigenvalue weighted by Gasteiger charge is -2.20. The van der Waals surface area contributed by atoms with E-state index in [9.17, 15) is 0 Å². The third-order valence-corrected chi connectivity index (χ3v) is 4.34. The zero-order valence-corrected chi connectivity index (χ0v) is 10.4. The number of rotatable bonds is 4. The van der Waals surface area contributed by atoms with Crippen LogP contribution in [0.15, 0.2) is 6.07 Å². The molecule has 2 nitrogen and oxygen atoms in total. The summed E-state index contributed by atoms with van der Waals surface area (Å²) >= 11 is 7.68. The second-order valence-corrected chi connectivity index (χ2v) is 5.74. The van der Waals surface area contributed by atoms with Crippen LogP contribution in [0, 0.1) is 0 Å². The van der Waals surface area contributed by atoms with E-state index in [2.05, 4.69) is 18.3 Å². The minimum Gasteiger partial charge on any atom is -0.395 e. The average Bonchev–Trinajstić information content (AvgIpc) is 2.74. The van der Waals surface area contributed by atoms with Crippen molar-refractivity contribution in [2.24, 2.45) is 0 Å². The van der Waals surface area contributed by atoms with E-state index in [1.165, 1.54) is 10.4 Å². The summed E-state index contributed by atoms with van der Waals surface area (Å²) in [5, 5.41) is 12.6. The second-order valence-electron chi connectivity index (χ2n) is 3.97. The van der Waals surface area contributed by atoms with E-state index < -0.39 is 0 Å². The van der Waals surface area contributed by atoms with Crippen molar-refractivity contribution in [3.63, 3.8) is 0 Å². The first-order chi connectivity index (χ1) is 7.24. The number of fused-ring (bicyclic) bond motifs is 1. The molecular weight excluding hydrogens is 230 g/mol. The van der Waals surface area contributed by atoms with Gasteiger partial charge in [0.05, 0.1) is 10.9 Å². The molecular formula is C11H16ClNOS. The first-order valence-corrected chi connectivity index (χ1v) is 6.59. The number of aliphatic hydroxyl groups excluding tert-OH is 1. The number of hydrogen-bond acceptors (Lipinski definition) is 3. The third kappa shape index (κ3) is 2.36. The molecule has 2 N–H and O–H groups in total. The molecule has 0 bridgehead atoms. The third-order valence-electron chi connectivity index (χ3n) is 3.00. The van der Waals surface area contributed by atoms with Gasteiger partial charge in [0, 0.05) is 17.0 Å². The standard InChI is InChI=1S/C11H16ClNOS/c1-2-7(6-14)13-9-3-4-10-8(9)5-11(12)15-10/h5,7,9,13-14H,2-4,6H2,1H3/t7-,9?/m1/s1. The summed E-state index contributed by atoms with van der Waals surface area (Å²) in [6, 6.07) is 2.66. The van der Waals surface area contributed by atoms with Gasteiger partial charge in [-0.3, -0.25) is 0 Å². The molecule has 15 heavy (non-hydrogen) atoms. The van der Waals surface area contributed by atoms with E-state index in [4.69, 9.17) is 16.7 Å². The van der Waals surface area contributed by atoms with Crippen molar-refractivity contribution in [1.29, 1.82) is 0 Å². The summed E-state index contributed by atoms with van der Waals surface area (Å²) in [5.41, 5.74) is 1.34. The van der Waals surface area contributed by atoms with Gasteiger partial charge in [0.2, 0.25) is 0 Å².